The quantitative estimate of drug-likeness (QED) is 0.931. The van der Waals surface area contributed by atoms with Gasteiger partial charge in [0.1, 0.15) is 5.75 Å². The lowest BCUT2D eigenvalue weighted by Crippen LogP contribution is -2.62. The molecule has 1 N–H and O–H groups in total. The Balaban J connectivity index is 1.92. The zero-order valence-corrected chi connectivity index (χ0v) is 12.9. The first-order chi connectivity index (χ1) is 9.37. The van der Waals surface area contributed by atoms with E-state index in [0.29, 0.717) is 17.3 Å². The van der Waals surface area contributed by atoms with Crippen LogP contribution in [0, 0.1) is 0 Å². The second-order valence-corrected chi connectivity index (χ2v) is 6.31. The maximum Gasteiger partial charge on any atom is 0.260 e. The Kier molecular flexibility index (Phi) is 4.55. The third-order valence-electron chi connectivity index (χ3n) is 3.47. The molecule has 1 saturated heterocycles. The summed E-state index contributed by atoms with van der Waals surface area (Å²) in [6, 6.07) is 7.21. The number of nitrogens with zero attached hydrogens (tertiary/aromatic N) is 1. The Bertz CT molecular complexity index is 473. The molecule has 1 fully saturated rings. The van der Waals surface area contributed by atoms with E-state index in [9.17, 15) is 4.79 Å². The standard InChI is InChI=1S/C15H21ClN2O2/c1-11-8-17-15(2,3)10-18(11)14(19)9-20-13-6-4-12(16)5-7-13/h4-7,11,17H,8-10H2,1-3H3. The first-order valence-corrected chi connectivity index (χ1v) is 7.18. The molecule has 0 spiro atoms. The number of benzene rings is 1. The predicted octanol–water partition coefficient (Wildman–Crippen LogP) is 2.32. The fourth-order valence-electron chi connectivity index (χ4n) is 2.26. The van der Waals surface area contributed by atoms with Crippen molar-refractivity contribution in [1.29, 1.82) is 0 Å². The van der Waals surface area contributed by atoms with Crippen LogP contribution in [0.2, 0.25) is 5.02 Å². The number of amides is 1. The SMILES string of the molecule is CC1CNC(C)(C)CN1C(=O)COc1ccc(Cl)cc1. The smallest absolute Gasteiger partial charge is 0.260 e. The van der Waals surface area contributed by atoms with Crippen LogP contribution in [0.1, 0.15) is 20.8 Å². The molecule has 1 aliphatic heterocycles. The topological polar surface area (TPSA) is 41.6 Å². The number of halogens is 1. The maximum atomic E-state index is 12.3. The molecule has 0 aliphatic carbocycles. The first kappa shape index (κ1) is 15.1. The van der Waals surface area contributed by atoms with E-state index in [-0.39, 0.29) is 24.1 Å². The summed E-state index contributed by atoms with van der Waals surface area (Å²) in [6.45, 7) is 7.79. The van der Waals surface area contributed by atoms with Gasteiger partial charge in [-0.1, -0.05) is 11.6 Å². The van der Waals surface area contributed by atoms with E-state index in [1.54, 1.807) is 24.3 Å². The highest BCUT2D eigenvalue weighted by Crippen LogP contribution is 2.17. The summed E-state index contributed by atoms with van der Waals surface area (Å²) in [7, 11) is 0. The normalized spacial score (nSPS) is 21.6. The Hall–Kier alpha value is -1.26. The molecule has 5 heteroatoms. The molecule has 1 aromatic rings. The molecule has 0 saturated carbocycles. The molecule has 1 aliphatic rings. The van der Waals surface area contributed by atoms with Crippen LogP contribution in [0.25, 0.3) is 0 Å². The van der Waals surface area contributed by atoms with Crippen molar-refractivity contribution in [3.63, 3.8) is 0 Å². The molecular formula is C15H21ClN2O2. The number of piperazine rings is 1. The summed E-state index contributed by atoms with van der Waals surface area (Å²) < 4.78 is 5.52. The minimum absolute atomic E-state index is 0.0158. The van der Waals surface area contributed by atoms with Crippen LogP contribution in [-0.2, 0) is 4.79 Å². The van der Waals surface area contributed by atoms with Crippen molar-refractivity contribution in [2.75, 3.05) is 19.7 Å². The van der Waals surface area contributed by atoms with Crippen LogP contribution >= 0.6 is 11.6 Å². The van der Waals surface area contributed by atoms with Crippen LogP contribution in [0.5, 0.6) is 5.75 Å². The second-order valence-electron chi connectivity index (χ2n) is 5.88. The lowest BCUT2D eigenvalue weighted by atomic mass is 9.99. The van der Waals surface area contributed by atoms with E-state index in [0.717, 1.165) is 6.54 Å². The number of hydrogen-bond acceptors (Lipinski definition) is 3. The van der Waals surface area contributed by atoms with Crippen molar-refractivity contribution >= 4 is 17.5 Å². The van der Waals surface area contributed by atoms with Gasteiger partial charge in [0.05, 0.1) is 0 Å². The van der Waals surface area contributed by atoms with Crippen LogP contribution < -0.4 is 10.1 Å². The summed E-state index contributed by atoms with van der Waals surface area (Å²) >= 11 is 5.81. The van der Waals surface area contributed by atoms with E-state index < -0.39 is 0 Å². The minimum atomic E-state index is -0.0531. The summed E-state index contributed by atoms with van der Waals surface area (Å²) in [5, 5.41) is 4.08. The molecule has 1 aromatic carbocycles. The van der Waals surface area contributed by atoms with Crippen molar-refractivity contribution in [2.45, 2.75) is 32.4 Å². The molecule has 4 nitrogen and oxygen atoms in total. The third kappa shape index (κ3) is 3.87. The van der Waals surface area contributed by atoms with Crippen molar-refractivity contribution < 1.29 is 9.53 Å². The first-order valence-electron chi connectivity index (χ1n) is 6.80. The number of nitrogens with one attached hydrogen (secondary N) is 1. The number of hydrogen-bond donors (Lipinski definition) is 1. The molecular weight excluding hydrogens is 276 g/mol. The lowest BCUT2D eigenvalue weighted by molar-refractivity contribution is -0.138. The Morgan fingerprint density at radius 2 is 2.10 bits per heavy atom. The molecule has 2 rings (SSSR count). The molecule has 1 unspecified atom stereocenters. The molecule has 1 heterocycles. The van der Waals surface area contributed by atoms with Crippen LogP contribution in [-0.4, -0.2) is 42.1 Å². The predicted molar refractivity (Wildman–Crippen MR) is 80.2 cm³/mol. The van der Waals surface area contributed by atoms with Crippen LogP contribution in [0.3, 0.4) is 0 Å². The second kappa shape index (κ2) is 6.02. The zero-order valence-electron chi connectivity index (χ0n) is 12.1. The highest BCUT2D eigenvalue weighted by Gasteiger charge is 2.33. The van der Waals surface area contributed by atoms with Gasteiger partial charge in [-0.15, -0.1) is 0 Å². The van der Waals surface area contributed by atoms with Gasteiger partial charge < -0.3 is 15.0 Å². The summed E-state index contributed by atoms with van der Waals surface area (Å²) in [5.41, 5.74) is -0.0531. The Morgan fingerprint density at radius 3 is 2.75 bits per heavy atom. The van der Waals surface area contributed by atoms with E-state index in [1.807, 2.05) is 11.8 Å². The van der Waals surface area contributed by atoms with Crippen molar-refractivity contribution in [3.8, 4) is 5.75 Å². The van der Waals surface area contributed by atoms with Gasteiger partial charge in [-0.05, 0) is 45.0 Å². The highest BCUT2D eigenvalue weighted by molar-refractivity contribution is 6.30. The van der Waals surface area contributed by atoms with E-state index >= 15 is 0 Å². The van der Waals surface area contributed by atoms with Crippen LogP contribution in [0.15, 0.2) is 24.3 Å². The van der Waals surface area contributed by atoms with Crippen LogP contribution in [0.4, 0.5) is 0 Å². The third-order valence-corrected chi connectivity index (χ3v) is 3.72. The summed E-state index contributed by atoms with van der Waals surface area (Å²) in [6.07, 6.45) is 0. The van der Waals surface area contributed by atoms with Gasteiger partial charge in [0.25, 0.3) is 5.91 Å². The monoisotopic (exact) mass is 296 g/mol. The van der Waals surface area contributed by atoms with Gasteiger partial charge in [-0.25, -0.2) is 0 Å². The number of ether oxygens (including phenoxy) is 1. The molecule has 0 radical (unpaired) electrons. The minimum Gasteiger partial charge on any atom is -0.484 e. The van der Waals surface area contributed by atoms with Gasteiger partial charge in [-0.3, -0.25) is 4.79 Å². The van der Waals surface area contributed by atoms with Crippen molar-refractivity contribution in [1.82, 2.24) is 10.2 Å². The van der Waals surface area contributed by atoms with E-state index in [2.05, 4.69) is 19.2 Å². The largest absolute Gasteiger partial charge is 0.484 e. The fourth-order valence-corrected chi connectivity index (χ4v) is 2.39. The summed E-state index contributed by atoms with van der Waals surface area (Å²) in [5.74, 6) is 0.673. The van der Waals surface area contributed by atoms with Gasteiger partial charge in [0.15, 0.2) is 6.61 Å². The molecule has 0 aromatic heterocycles. The maximum absolute atomic E-state index is 12.3. The number of carbonyl (C=O) groups excluding carboxylic acids is 1. The van der Waals surface area contributed by atoms with Gasteiger partial charge in [0.2, 0.25) is 0 Å². The Labute approximate surface area is 125 Å². The van der Waals surface area contributed by atoms with Crippen molar-refractivity contribution in [2.24, 2.45) is 0 Å². The molecule has 0 bridgehead atoms. The average Bonchev–Trinajstić information content (AvgIpc) is 2.40. The van der Waals surface area contributed by atoms with Crippen molar-refractivity contribution in [3.05, 3.63) is 29.3 Å². The highest BCUT2D eigenvalue weighted by atomic mass is 35.5. The molecule has 1 atom stereocenters. The van der Waals surface area contributed by atoms with Gasteiger partial charge in [-0.2, -0.15) is 0 Å². The molecule has 1 amide bonds. The number of rotatable bonds is 3. The molecule has 20 heavy (non-hydrogen) atoms. The average molecular weight is 297 g/mol. The van der Waals surface area contributed by atoms with E-state index in [1.165, 1.54) is 0 Å². The summed E-state index contributed by atoms with van der Waals surface area (Å²) in [4.78, 5) is 14.2. The Morgan fingerprint density at radius 1 is 1.45 bits per heavy atom. The van der Waals surface area contributed by atoms with Gasteiger partial charge >= 0.3 is 0 Å². The van der Waals surface area contributed by atoms with E-state index in [4.69, 9.17) is 16.3 Å². The molecule has 110 valence electrons. The lowest BCUT2D eigenvalue weighted by Gasteiger charge is -2.43. The van der Waals surface area contributed by atoms with Gasteiger partial charge in [0, 0.05) is 29.7 Å². The fraction of sp³-hybridized carbons (Fsp3) is 0.533. The number of carbonyl (C=O) groups is 1. The zero-order chi connectivity index (χ0) is 14.8.